The molecule has 2 atom stereocenters. The van der Waals surface area contributed by atoms with Crippen LogP contribution in [-0.4, -0.2) is 41.0 Å². The Hall–Kier alpha value is -4.96. The van der Waals surface area contributed by atoms with Gasteiger partial charge in [-0.3, -0.25) is 14.5 Å². The zero-order chi connectivity index (χ0) is 30.2. The predicted octanol–water partition coefficient (Wildman–Crippen LogP) is 5.77. The molecular formula is C33H28N2O7S. The van der Waals surface area contributed by atoms with Gasteiger partial charge in [-0.1, -0.05) is 53.8 Å². The molecule has 2 unspecified atom stereocenters. The third-order valence-electron chi connectivity index (χ3n) is 7.42. The van der Waals surface area contributed by atoms with Crippen molar-refractivity contribution in [1.29, 1.82) is 0 Å². The summed E-state index contributed by atoms with van der Waals surface area (Å²) in [6, 6.07) is 20.9. The van der Waals surface area contributed by atoms with Crippen LogP contribution in [0.3, 0.4) is 0 Å². The molecule has 218 valence electrons. The molecule has 2 aliphatic heterocycles. The summed E-state index contributed by atoms with van der Waals surface area (Å²) < 4.78 is 16.6. The van der Waals surface area contributed by atoms with Gasteiger partial charge in [-0.15, -0.1) is 0 Å². The smallest absolute Gasteiger partial charge is 0.350 e. The van der Waals surface area contributed by atoms with Crippen molar-refractivity contribution in [3.8, 4) is 11.5 Å². The van der Waals surface area contributed by atoms with E-state index in [2.05, 4.69) is 4.98 Å². The summed E-state index contributed by atoms with van der Waals surface area (Å²) >= 11 is 0.950. The van der Waals surface area contributed by atoms with Crippen LogP contribution >= 0.6 is 11.3 Å². The Morgan fingerprint density at radius 1 is 1.09 bits per heavy atom. The van der Waals surface area contributed by atoms with E-state index in [0.717, 1.165) is 28.2 Å². The number of amides is 1. The van der Waals surface area contributed by atoms with E-state index in [0.29, 0.717) is 35.6 Å². The number of hydrogen-bond donors (Lipinski definition) is 1. The van der Waals surface area contributed by atoms with Gasteiger partial charge in [0.2, 0.25) is 0 Å². The number of benzene rings is 3. The van der Waals surface area contributed by atoms with Gasteiger partial charge in [0.25, 0.3) is 5.78 Å². The van der Waals surface area contributed by atoms with Gasteiger partial charge in [0.05, 0.1) is 24.4 Å². The first-order valence-corrected chi connectivity index (χ1v) is 14.5. The van der Waals surface area contributed by atoms with E-state index in [-0.39, 0.29) is 27.4 Å². The number of aryl methyl sites for hydroxylation is 1. The highest BCUT2D eigenvalue weighted by Crippen LogP contribution is 2.44. The number of carbonyl (C=O) groups is 3. The zero-order valence-corrected chi connectivity index (χ0v) is 24.5. The molecule has 6 rings (SSSR count). The molecule has 0 bridgehead atoms. The molecular weight excluding hydrogens is 568 g/mol. The van der Waals surface area contributed by atoms with E-state index in [4.69, 9.17) is 14.2 Å². The van der Waals surface area contributed by atoms with Crippen molar-refractivity contribution in [2.75, 3.05) is 12.0 Å². The number of aromatic nitrogens is 1. The lowest BCUT2D eigenvalue weighted by atomic mass is 9.94. The van der Waals surface area contributed by atoms with Crippen LogP contribution in [-0.2, 0) is 27.4 Å². The van der Waals surface area contributed by atoms with Crippen LogP contribution in [0.4, 0.5) is 5.13 Å². The molecule has 0 aliphatic carbocycles. The van der Waals surface area contributed by atoms with Crippen molar-refractivity contribution in [3.05, 3.63) is 111 Å². The van der Waals surface area contributed by atoms with E-state index in [1.807, 2.05) is 37.3 Å². The molecule has 10 heteroatoms. The number of ketones is 1. The Kier molecular flexibility index (Phi) is 7.45. The number of esters is 1. The number of carbonyl (C=O) groups excluding carboxylic acids is 3. The standard InChI is InChI=1S/C33H28N2O7S/c1-18-15-23-16-22(11-14-25(23)42-18)28(36)26-27(21-9-12-24(13-10-21)41-17-20-7-5-4-6-8-20)35(31(38)29(26)37)33-34-19(2)30(43-33)32(39)40-3/h4-14,16,18,27,36H,15,17H2,1-3H3/b28-26+. The van der Waals surface area contributed by atoms with Gasteiger partial charge in [0.1, 0.15) is 34.8 Å². The number of anilines is 1. The van der Waals surface area contributed by atoms with Crippen LogP contribution in [0.2, 0.25) is 0 Å². The van der Waals surface area contributed by atoms with Crippen molar-refractivity contribution in [2.45, 2.75) is 39.0 Å². The van der Waals surface area contributed by atoms with Crippen molar-refractivity contribution >= 4 is 39.9 Å². The van der Waals surface area contributed by atoms with Gasteiger partial charge in [-0.25, -0.2) is 9.78 Å². The van der Waals surface area contributed by atoms with Gasteiger partial charge >= 0.3 is 11.9 Å². The third kappa shape index (κ3) is 5.25. The predicted molar refractivity (Wildman–Crippen MR) is 160 cm³/mol. The number of methoxy groups -OCH3 is 1. The molecule has 1 amide bonds. The Balaban J connectivity index is 1.42. The van der Waals surface area contributed by atoms with E-state index in [9.17, 15) is 19.5 Å². The molecule has 1 aromatic heterocycles. The number of rotatable bonds is 7. The molecule has 0 radical (unpaired) electrons. The van der Waals surface area contributed by atoms with Crippen LogP contribution in [0.15, 0.2) is 78.4 Å². The Morgan fingerprint density at radius 2 is 1.84 bits per heavy atom. The molecule has 1 N–H and O–H groups in total. The van der Waals surface area contributed by atoms with E-state index >= 15 is 0 Å². The lowest BCUT2D eigenvalue weighted by Crippen LogP contribution is -2.29. The summed E-state index contributed by atoms with van der Waals surface area (Å²) in [6.07, 6.45) is 0.658. The highest BCUT2D eigenvalue weighted by molar-refractivity contribution is 7.17. The summed E-state index contributed by atoms with van der Waals surface area (Å²) in [7, 11) is 1.26. The molecule has 1 saturated heterocycles. The molecule has 43 heavy (non-hydrogen) atoms. The van der Waals surface area contributed by atoms with Gasteiger partial charge in [-0.2, -0.15) is 0 Å². The fraction of sp³-hybridized carbons (Fsp3) is 0.212. The van der Waals surface area contributed by atoms with Crippen molar-refractivity contribution in [3.63, 3.8) is 0 Å². The lowest BCUT2D eigenvalue weighted by molar-refractivity contribution is -0.132. The third-order valence-corrected chi connectivity index (χ3v) is 8.56. The van der Waals surface area contributed by atoms with E-state index in [1.165, 1.54) is 12.0 Å². The highest BCUT2D eigenvalue weighted by atomic mass is 32.1. The summed E-state index contributed by atoms with van der Waals surface area (Å²) in [5.41, 5.74) is 3.15. The second-order valence-electron chi connectivity index (χ2n) is 10.4. The molecule has 0 spiro atoms. The second-order valence-corrected chi connectivity index (χ2v) is 11.3. The average molecular weight is 597 g/mol. The first-order valence-electron chi connectivity index (χ1n) is 13.7. The number of hydrogen-bond acceptors (Lipinski definition) is 9. The number of ether oxygens (including phenoxy) is 3. The largest absolute Gasteiger partial charge is 0.507 e. The minimum atomic E-state index is -1.01. The van der Waals surface area contributed by atoms with Gasteiger partial charge in [0.15, 0.2) is 5.13 Å². The normalized spacial score (nSPS) is 18.8. The zero-order valence-electron chi connectivity index (χ0n) is 23.7. The Bertz CT molecular complexity index is 1760. The minimum Gasteiger partial charge on any atom is -0.507 e. The molecule has 3 heterocycles. The molecule has 2 aliphatic rings. The first kappa shape index (κ1) is 28.2. The minimum absolute atomic E-state index is 0.00208. The van der Waals surface area contributed by atoms with Crippen LogP contribution in [0, 0.1) is 6.92 Å². The van der Waals surface area contributed by atoms with Gasteiger partial charge < -0.3 is 19.3 Å². The summed E-state index contributed by atoms with van der Waals surface area (Å²) in [5, 5.41) is 11.7. The maximum atomic E-state index is 13.6. The number of Topliss-reactive ketones (excluding diaryl/α,β-unsaturated/α-hetero) is 1. The number of thiazole rings is 1. The Labute approximate surface area is 252 Å². The van der Waals surface area contributed by atoms with Crippen molar-refractivity contribution in [1.82, 2.24) is 4.98 Å². The molecule has 9 nitrogen and oxygen atoms in total. The first-order chi connectivity index (χ1) is 20.7. The van der Waals surface area contributed by atoms with E-state index in [1.54, 1.807) is 49.4 Å². The van der Waals surface area contributed by atoms with Crippen molar-refractivity contribution in [2.24, 2.45) is 0 Å². The van der Waals surface area contributed by atoms with E-state index < -0.39 is 23.7 Å². The molecule has 1 fully saturated rings. The second kappa shape index (κ2) is 11.4. The monoisotopic (exact) mass is 596 g/mol. The molecule has 0 saturated carbocycles. The maximum Gasteiger partial charge on any atom is 0.350 e. The average Bonchev–Trinajstić information content (AvgIpc) is 3.67. The number of aliphatic hydroxyl groups is 1. The summed E-state index contributed by atoms with van der Waals surface area (Å²) in [4.78, 5) is 45.4. The number of fused-ring (bicyclic) bond motifs is 1. The maximum absolute atomic E-state index is 13.6. The topological polar surface area (TPSA) is 115 Å². The molecule has 3 aromatic carbocycles. The van der Waals surface area contributed by atoms with Crippen LogP contribution in [0.5, 0.6) is 11.5 Å². The molecule has 4 aromatic rings. The SMILES string of the molecule is COC(=O)c1sc(N2C(=O)C(=O)/C(=C(/O)c3ccc4c(c3)CC(C)O4)C2c2ccc(OCc3ccccc3)cc2)nc1C. The summed E-state index contributed by atoms with van der Waals surface area (Å²) in [5.74, 6) is -1.30. The van der Waals surface area contributed by atoms with Crippen LogP contribution in [0.1, 0.15) is 50.6 Å². The fourth-order valence-corrected chi connectivity index (χ4v) is 6.34. The highest BCUT2D eigenvalue weighted by Gasteiger charge is 2.48. The Morgan fingerprint density at radius 3 is 2.56 bits per heavy atom. The van der Waals surface area contributed by atoms with Gasteiger partial charge in [-0.05, 0) is 60.9 Å². The van der Waals surface area contributed by atoms with Crippen molar-refractivity contribution < 1.29 is 33.7 Å². The number of aliphatic hydroxyl groups excluding tert-OH is 1. The fourth-order valence-electron chi connectivity index (χ4n) is 5.32. The van der Waals surface area contributed by atoms with Crippen LogP contribution < -0.4 is 14.4 Å². The quantitative estimate of drug-likeness (QED) is 0.124. The number of nitrogens with zero attached hydrogens (tertiary/aromatic N) is 2. The summed E-state index contributed by atoms with van der Waals surface area (Å²) in [6.45, 7) is 3.95. The lowest BCUT2D eigenvalue weighted by Gasteiger charge is -2.23. The van der Waals surface area contributed by atoms with Crippen LogP contribution in [0.25, 0.3) is 5.76 Å². The van der Waals surface area contributed by atoms with Gasteiger partial charge in [0, 0.05) is 12.0 Å².